The largest absolute Gasteiger partial charge is 0.338 e. The highest BCUT2D eigenvalue weighted by molar-refractivity contribution is 5.79. The second-order valence-corrected chi connectivity index (χ2v) is 3.97. The van der Waals surface area contributed by atoms with E-state index in [4.69, 9.17) is 0 Å². The van der Waals surface area contributed by atoms with Gasteiger partial charge in [0.15, 0.2) is 23.3 Å². The van der Waals surface area contributed by atoms with E-state index in [1.807, 2.05) is 0 Å². The number of aromatic nitrogens is 2. The number of aromatic amines is 1. The van der Waals surface area contributed by atoms with Crippen molar-refractivity contribution >= 4 is 11.0 Å². The highest BCUT2D eigenvalue weighted by atomic mass is 19.2. The van der Waals surface area contributed by atoms with Crippen LogP contribution in [0, 0.1) is 23.3 Å². The lowest BCUT2D eigenvalue weighted by molar-refractivity contribution is 0.510. The molecule has 3 rings (SSSR count). The van der Waals surface area contributed by atoms with Crippen LogP contribution in [-0.4, -0.2) is 9.97 Å². The minimum absolute atomic E-state index is 0.0111. The second-order valence-electron chi connectivity index (χ2n) is 3.97. The minimum atomic E-state index is -1.07. The number of benzene rings is 2. The average molecular weight is 266 g/mol. The van der Waals surface area contributed by atoms with Gasteiger partial charge in [-0.1, -0.05) is 6.07 Å². The average Bonchev–Trinajstić information content (AvgIpc) is 2.76. The Bertz CT molecular complexity index is 741. The highest BCUT2D eigenvalue weighted by Crippen LogP contribution is 2.25. The van der Waals surface area contributed by atoms with Gasteiger partial charge in [-0.05, 0) is 12.1 Å². The molecule has 0 fully saturated rings. The van der Waals surface area contributed by atoms with Gasteiger partial charge in [-0.2, -0.15) is 0 Å². The predicted molar refractivity (Wildman–Crippen MR) is 61.4 cm³/mol. The van der Waals surface area contributed by atoms with Crippen molar-refractivity contribution in [3.8, 4) is 11.4 Å². The number of hydrogen-bond donors (Lipinski definition) is 1. The van der Waals surface area contributed by atoms with Crippen molar-refractivity contribution in [3.63, 3.8) is 0 Å². The summed E-state index contributed by atoms with van der Waals surface area (Å²) in [7, 11) is 0. The first-order chi connectivity index (χ1) is 9.06. The van der Waals surface area contributed by atoms with Gasteiger partial charge in [-0.15, -0.1) is 0 Å². The summed E-state index contributed by atoms with van der Waals surface area (Å²) in [5.74, 6) is -4.16. The van der Waals surface area contributed by atoms with Gasteiger partial charge in [0.2, 0.25) is 0 Å². The molecule has 0 atom stereocenters. The van der Waals surface area contributed by atoms with Crippen LogP contribution in [0.5, 0.6) is 0 Å². The van der Waals surface area contributed by atoms with Gasteiger partial charge in [-0.3, -0.25) is 0 Å². The van der Waals surface area contributed by atoms with Crippen LogP contribution in [0.2, 0.25) is 0 Å². The number of imidazole rings is 1. The normalized spacial score (nSPS) is 11.2. The summed E-state index contributed by atoms with van der Waals surface area (Å²) in [4.78, 5) is 6.54. The maximum atomic E-state index is 13.6. The standard InChI is InChI=1S/C13H6F4N2/c14-7-3-1-2-6(12(7)17)13-18-10-4-8(15)9(16)5-11(10)19-13/h1-5H,(H,18,19). The number of halogens is 4. The molecule has 2 aromatic carbocycles. The molecule has 96 valence electrons. The summed E-state index contributed by atoms with van der Waals surface area (Å²) in [5.41, 5.74) is 0.243. The van der Waals surface area contributed by atoms with Gasteiger partial charge in [0.1, 0.15) is 5.82 Å². The molecule has 0 bridgehead atoms. The predicted octanol–water partition coefficient (Wildman–Crippen LogP) is 3.79. The van der Waals surface area contributed by atoms with Crippen LogP contribution in [0.1, 0.15) is 0 Å². The van der Waals surface area contributed by atoms with Crippen molar-refractivity contribution in [1.29, 1.82) is 0 Å². The van der Waals surface area contributed by atoms with E-state index in [0.29, 0.717) is 0 Å². The fourth-order valence-corrected chi connectivity index (χ4v) is 1.82. The van der Waals surface area contributed by atoms with E-state index in [9.17, 15) is 17.6 Å². The summed E-state index contributed by atoms with van der Waals surface area (Å²) in [6, 6.07) is 5.42. The van der Waals surface area contributed by atoms with Gasteiger partial charge < -0.3 is 4.98 Å². The lowest BCUT2D eigenvalue weighted by Gasteiger charge is -1.99. The molecule has 1 heterocycles. The Morgan fingerprint density at radius 2 is 1.63 bits per heavy atom. The van der Waals surface area contributed by atoms with Crippen LogP contribution in [0.3, 0.4) is 0 Å². The zero-order valence-electron chi connectivity index (χ0n) is 9.35. The van der Waals surface area contributed by atoms with Crippen LogP contribution < -0.4 is 0 Å². The molecular formula is C13H6F4N2. The number of rotatable bonds is 1. The zero-order valence-corrected chi connectivity index (χ0v) is 9.35. The van der Waals surface area contributed by atoms with E-state index in [-0.39, 0.29) is 22.4 Å². The number of hydrogen-bond acceptors (Lipinski definition) is 1. The van der Waals surface area contributed by atoms with Crippen molar-refractivity contribution in [2.45, 2.75) is 0 Å². The molecule has 19 heavy (non-hydrogen) atoms. The van der Waals surface area contributed by atoms with Gasteiger partial charge in [0.05, 0.1) is 16.6 Å². The van der Waals surface area contributed by atoms with E-state index in [1.165, 1.54) is 12.1 Å². The van der Waals surface area contributed by atoms with Crippen LogP contribution in [0.4, 0.5) is 17.6 Å². The molecule has 6 heteroatoms. The van der Waals surface area contributed by atoms with Crippen LogP contribution in [0.25, 0.3) is 22.4 Å². The van der Waals surface area contributed by atoms with Crippen LogP contribution >= 0.6 is 0 Å². The zero-order chi connectivity index (χ0) is 13.6. The molecule has 0 saturated carbocycles. The number of nitrogens with one attached hydrogen (secondary N) is 1. The molecule has 1 N–H and O–H groups in total. The van der Waals surface area contributed by atoms with Crippen molar-refractivity contribution in [2.24, 2.45) is 0 Å². The van der Waals surface area contributed by atoms with Crippen LogP contribution in [-0.2, 0) is 0 Å². The quantitative estimate of drug-likeness (QED) is 0.667. The number of H-pyrrole nitrogens is 1. The molecule has 0 spiro atoms. The van der Waals surface area contributed by atoms with Crippen molar-refractivity contribution in [1.82, 2.24) is 9.97 Å². The third kappa shape index (κ3) is 1.85. The second kappa shape index (κ2) is 4.08. The molecule has 0 aliphatic rings. The molecule has 0 radical (unpaired) electrons. The Hall–Kier alpha value is -2.37. The molecule has 0 amide bonds. The Balaban J connectivity index is 2.23. The molecule has 1 aromatic heterocycles. The Labute approximate surface area is 104 Å². The van der Waals surface area contributed by atoms with Crippen molar-refractivity contribution in [2.75, 3.05) is 0 Å². The lowest BCUT2D eigenvalue weighted by atomic mass is 10.2. The van der Waals surface area contributed by atoms with Crippen molar-refractivity contribution in [3.05, 3.63) is 53.6 Å². The van der Waals surface area contributed by atoms with E-state index in [2.05, 4.69) is 9.97 Å². The van der Waals surface area contributed by atoms with Gasteiger partial charge in [0.25, 0.3) is 0 Å². The summed E-state index contributed by atoms with van der Waals surface area (Å²) < 4.78 is 52.8. The molecule has 0 aliphatic heterocycles. The summed E-state index contributed by atoms with van der Waals surface area (Å²) >= 11 is 0. The van der Waals surface area contributed by atoms with Gasteiger partial charge in [-0.25, -0.2) is 22.5 Å². The molecule has 0 saturated heterocycles. The lowest BCUT2D eigenvalue weighted by Crippen LogP contribution is -1.90. The number of fused-ring (bicyclic) bond motifs is 1. The number of nitrogens with zero attached hydrogens (tertiary/aromatic N) is 1. The molecular weight excluding hydrogens is 260 g/mol. The Morgan fingerprint density at radius 1 is 0.895 bits per heavy atom. The van der Waals surface area contributed by atoms with E-state index >= 15 is 0 Å². The maximum absolute atomic E-state index is 13.6. The molecule has 0 unspecified atom stereocenters. The maximum Gasteiger partial charge on any atom is 0.169 e. The third-order valence-electron chi connectivity index (χ3n) is 2.73. The van der Waals surface area contributed by atoms with Gasteiger partial charge in [0, 0.05) is 12.1 Å². The van der Waals surface area contributed by atoms with Crippen LogP contribution in [0.15, 0.2) is 30.3 Å². The fraction of sp³-hybridized carbons (Fsp3) is 0. The first-order valence-electron chi connectivity index (χ1n) is 5.35. The monoisotopic (exact) mass is 266 g/mol. The minimum Gasteiger partial charge on any atom is -0.338 e. The first kappa shape index (κ1) is 11.7. The van der Waals surface area contributed by atoms with E-state index < -0.39 is 23.3 Å². The van der Waals surface area contributed by atoms with Gasteiger partial charge >= 0.3 is 0 Å². The highest BCUT2D eigenvalue weighted by Gasteiger charge is 2.14. The summed E-state index contributed by atoms with van der Waals surface area (Å²) in [5, 5.41) is 0. The Kier molecular flexibility index (Phi) is 2.51. The molecule has 3 aromatic rings. The topological polar surface area (TPSA) is 28.7 Å². The Morgan fingerprint density at radius 3 is 2.42 bits per heavy atom. The SMILES string of the molecule is Fc1cc2nc(-c3cccc(F)c3F)[nH]c2cc1F. The smallest absolute Gasteiger partial charge is 0.169 e. The van der Waals surface area contributed by atoms with Crippen molar-refractivity contribution < 1.29 is 17.6 Å². The molecule has 0 aliphatic carbocycles. The van der Waals surface area contributed by atoms with E-state index in [0.717, 1.165) is 18.2 Å². The summed E-state index contributed by atoms with van der Waals surface area (Å²) in [6.07, 6.45) is 0. The van der Waals surface area contributed by atoms with E-state index in [1.54, 1.807) is 0 Å². The first-order valence-corrected chi connectivity index (χ1v) is 5.35. The third-order valence-corrected chi connectivity index (χ3v) is 2.73. The summed E-state index contributed by atoms with van der Waals surface area (Å²) in [6.45, 7) is 0. The fourth-order valence-electron chi connectivity index (χ4n) is 1.82. The molecule has 2 nitrogen and oxygen atoms in total.